The van der Waals surface area contributed by atoms with E-state index in [4.69, 9.17) is 17.3 Å². The summed E-state index contributed by atoms with van der Waals surface area (Å²) in [7, 11) is 0. The van der Waals surface area contributed by atoms with E-state index in [1.807, 2.05) is 24.3 Å². The summed E-state index contributed by atoms with van der Waals surface area (Å²) in [6.45, 7) is 0.401. The minimum atomic E-state index is -0.563. The second-order valence-electron chi connectivity index (χ2n) is 3.53. The van der Waals surface area contributed by atoms with Crippen molar-refractivity contribution in [3.63, 3.8) is 0 Å². The summed E-state index contributed by atoms with van der Waals surface area (Å²) in [4.78, 5) is 10.7. The van der Waals surface area contributed by atoms with Crippen molar-refractivity contribution in [2.24, 2.45) is 5.73 Å². The number of carbonyl (C=O) groups is 1. The Morgan fingerprint density at radius 3 is 2.56 bits per heavy atom. The monoisotopic (exact) mass is 242 g/mol. The largest absolute Gasteiger partial charge is 0.390 e. The van der Waals surface area contributed by atoms with Crippen LogP contribution in [0, 0.1) is 0 Å². The average molecular weight is 243 g/mol. The number of rotatable bonds is 6. The van der Waals surface area contributed by atoms with Crippen LogP contribution in [0.4, 0.5) is 5.69 Å². The summed E-state index contributed by atoms with van der Waals surface area (Å²) in [5.74, 6) is -0.148. The first-order chi connectivity index (χ1) is 7.61. The second kappa shape index (κ2) is 6.35. The molecular formula is C11H15ClN2O2. The molecule has 1 rings (SSSR count). The maximum Gasteiger partial charge on any atom is 0.221 e. The number of hydrogen-bond donors (Lipinski definition) is 3. The normalized spacial score (nSPS) is 12.1. The molecule has 1 unspecified atom stereocenters. The fraction of sp³-hybridized carbons (Fsp3) is 0.364. The lowest BCUT2D eigenvalue weighted by atomic mass is 10.1. The van der Waals surface area contributed by atoms with E-state index in [-0.39, 0.29) is 18.2 Å². The number of nitrogens with two attached hydrogens (primary N) is 1. The number of amides is 1. The molecule has 88 valence electrons. The lowest BCUT2D eigenvalue weighted by Crippen LogP contribution is -2.20. The molecule has 0 saturated heterocycles. The van der Waals surface area contributed by atoms with Gasteiger partial charge < -0.3 is 16.2 Å². The van der Waals surface area contributed by atoms with Crippen LogP contribution in [0.15, 0.2) is 24.3 Å². The highest BCUT2D eigenvalue weighted by Gasteiger charge is 2.02. The Labute approximate surface area is 99.4 Å². The van der Waals surface area contributed by atoms with E-state index < -0.39 is 6.10 Å². The Hall–Kier alpha value is -1.26. The van der Waals surface area contributed by atoms with E-state index in [1.54, 1.807) is 0 Å². The fourth-order valence-corrected chi connectivity index (χ4v) is 1.34. The molecule has 0 saturated carbocycles. The van der Waals surface area contributed by atoms with Gasteiger partial charge in [-0.1, -0.05) is 12.1 Å². The predicted molar refractivity (Wildman–Crippen MR) is 64.6 cm³/mol. The number of halogens is 1. The second-order valence-corrected chi connectivity index (χ2v) is 3.84. The molecule has 4 nitrogen and oxygen atoms in total. The Balaban J connectivity index is 2.48. The first-order valence-corrected chi connectivity index (χ1v) is 5.50. The van der Waals surface area contributed by atoms with Crippen molar-refractivity contribution in [3.8, 4) is 0 Å². The quantitative estimate of drug-likeness (QED) is 0.644. The third kappa shape index (κ3) is 4.51. The lowest BCUT2D eigenvalue weighted by Gasteiger charge is -2.10. The van der Waals surface area contributed by atoms with Crippen molar-refractivity contribution in [1.29, 1.82) is 0 Å². The summed E-state index contributed by atoms with van der Waals surface area (Å²) in [6.07, 6.45) is -0.322. The number of carbonyl (C=O) groups excluding carboxylic acids is 1. The van der Waals surface area contributed by atoms with Crippen LogP contribution in [0.3, 0.4) is 0 Å². The number of aliphatic hydroxyl groups excluding tert-OH is 1. The summed E-state index contributed by atoms with van der Waals surface area (Å²) < 4.78 is 0. The molecule has 0 aromatic heterocycles. The molecule has 0 aliphatic heterocycles. The minimum absolute atomic E-state index is 0.201. The van der Waals surface area contributed by atoms with Crippen molar-refractivity contribution in [2.75, 3.05) is 17.7 Å². The lowest BCUT2D eigenvalue weighted by molar-refractivity contribution is -0.117. The number of alkyl halides is 1. The van der Waals surface area contributed by atoms with Crippen LogP contribution < -0.4 is 11.1 Å². The molecule has 16 heavy (non-hydrogen) atoms. The van der Waals surface area contributed by atoms with Gasteiger partial charge in [-0.25, -0.2) is 0 Å². The minimum Gasteiger partial charge on any atom is -0.390 e. The van der Waals surface area contributed by atoms with Gasteiger partial charge >= 0.3 is 0 Å². The van der Waals surface area contributed by atoms with Gasteiger partial charge in [0.2, 0.25) is 5.91 Å². The first kappa shape index (κ1) is 12.8. The number of hydrogen-bond acceptors (Lipinski definition) is 3. The summed E-state index contributed by atoms with van der Waals surface area (Å²) >= 11 is 5.46. The maximum absolute atomic E-state index is 10.7. The molecule has 0 spiro atoms. The van der Waals surface area contributed by atoms with E-state index in [0.29, 0.717) is 6.54 Å². The zero-order valence-corrected chi connectivity index (χ0v) is 9.57. The van der Waals surface area contributed by atoms with Crippen molar-refractivity contribution in [1.82, 2.24) is 0 Å². The van der Waals surface area contributed by atoms with Gasteiger partial charge in [-0.15, -0.1) is 11.6 Å². The molecule has 4 N–H and O–H groups in total. The van der Waals surface area contributed by atoms with E-state index in [9.17, 15) is 9.90 Å². The number of anilines is 1. The molecule has 0 fully saturated rings. The molecule has 0 radical (unpaired) electrons. The van der Waals surface area contributed by atoms with Gasteiger partial charge in [0.1, 0.15) is 0 Å². The Bertz CT molecular complexity index is 340. The molecule has 1 aromatic carbocycles. The third-order valence-electron chi connectivity index (χ3n) is 2.05. The summed E-state index contributed by atoms with van der Waals surface area (Å²) in [5, 5.41) is 12.3. The molecule has 0 heterocycles. The average Bonchev–Trinajstić information content (AvgIpc) is 2.27. The van der Waals surface area contributed by atoms with Crippen LogP contribution in [-0.2, 0) is 11.2 Å². The number of aliphatic hydroxyl groups is 1. The highest BCUT2D eigenvalue weighted by Crippen LogP contribution is 2.10. The summed E-state index contributed by atoms with van der Waals surface area (Å²) in [6, 6.07) is 7.30. The number of primary amides is 1. The van der Waals surface area contributed by atoms with Gasteiger partial charge in [0.25, 0.3) is 0 Å². The zero-order valence-electron chi connectivity index (χ0n) is 8.82. The van der Waals surface area contributed by atoms with Gasteiger partial charge in [0.05, 0.1) is 18.4 Å². The SMILES string of the molecule is NC(=O)Cc1ccc(NCC(O)CCl)cc1. The van der Waals surface area contributed by atoms with Crippen LogP contribution in [0.25, 0.3) is 0 Å². The van der Waals surface area contributed by atoms with Gasteiger partial charge in [0, 0.05) is 12.2 Å². The van der Waals surface area contributed by atoms with Gasteiger partial charge in [-0.05, 0) is 17.7 Å². The standard InChI is InChI=1S/C11H15ClN2O2/c12-6-10(15)7-14-9-3-1-8(2-4-9)5-11(13)16/h1-4,10,14-15H,5-7H2,(H2,13,16). The van der Waals surface area contributed by atoms with Gasteiger partial charge in [0.15, 0.2) is 0 Å². The van der Waals surface area contributed by atoms with Crippen molar-refractivity contribution in [3.05, 3.63) is 29.8 Å². The highest BCUT2D eigenvalue weighted by atomic mass is 35.5. The molecule has 1 atom stereocenters. The third-order valence-corrected chi connectivity index (χ3v) is 2.41. The molecule has 0 aliphatic carbocycles. The molecule has 5 heteroatoms. The van der Waals surface area contributed by atoms with E-state index in [0.717, 1.165) is 11.3 Å². The van der Waals surface area contributed by atoms with Gasteiger partial charge in [-0.2, -0.15) is 0 Å². The smallest absolute Gasteiger partial charge is 0.221 e. The molecular weight excluding hydrogens is 228 g/mol. The maximum atomic E-state index is 10.7. The Morgan fingerprint density at radius 1 is 1.44 bits per heavy atom. The highest BCUT2D eigenvalue weighted by molar-refractivity contribution is 6.18. The first-order valence-electron chi connectivity index (χ1n) is 4.97. The van der Waals surface area contributed by atoms with Crippen molar-refractivity contribution >= 4 is 23.2 Å². The zero-order chi connectivity index (χ0) is 12.0. The Kier molecular flexibility index (Phi) is 5.08. The molecule has 0 bridgehead atoms. The van der Waals surface area contributed by atoms with Crippen LogP contribution in [0.2, 0.25) is 0 Å². The van der Waals surface area contributed by atoms with Crippen LogP contribution in [-0.4, -0.2) is 29.5 Å². The molecule has 1 amide bonds. The Morgan fingerprint density at radius 2 is 2.06 bits per heavy atom. The fourth-order valence-electron chi connectivity index (χ4n) is 1.23. The van der Waals surface area contributed by atoms with Crippen LogP contribution >= 0.6 is 11.6 Å². The number of nitrogens with one attached hydrogen (secondary N) is 1. The van der Waals surface area contributed by atoms with Gasteiger partial charge in [-0.3, -0.25) is 4.79 Å². The van der Waals surface area contributed by atoms with E-state index in [2.05, 4.69) is 5.32 Å². The number of benzene rings is 1. The molecule has 1 aromatic rings. The topological polar surface area (TPSA) is 75.4 Å². The van der Waals surface area contributed by atoms with Crippen LogP contribution in [0.5, 0.6) is 0 Å². The van der Waals surface area contributed by atoms with Crippen LogP contribution in [0.1, 0.15) is 5.56 Å². The van der Waals surface area contributed by atoms with E-state index in [1.165, 1.54) is 0 Å². The van der Waals surface area contributed by atoms with E-state index >= 15 is 0 Å². The predicted octanol–water partition coefficient (Wildman–Crippen LogP) is 0.726. The van der Waals surface area contributed by atoms with Crippen molar-refractivity contribution < 1.29 is 9.90 Å². The van der Waals surface area contributed by atoms with Crippen molar-refractivity contribution in [2.45, 2.75) is 12.5 Å². The summed E-state index contributed by atoms with van der Waals surface area (Å²) in [5.41, 5.74) is 6.82. The molecule has 0 aliphatic rings.